The lowest BCUT2D eigenvalue weighted by atomic mass is 9.81. The molecule has 1 aromatic heterocycles. The molecule has 0 saturated carbocycles. The molecule has 0 N–H and O–H groups in total. The highest BCUT2D eigenvalue weighted by molar-refractivity contribution is 6.06. The molecule has 0 spiro atoms. The van der Waals surface area contributed by atoms with E-state index < -0.39 is 0 Å². The Balaban J connectivity index is 1.00. The summed E-state index contributed by atoms with van der Waals surface area (Å²) in [6.07, 6.45) is 0. The Morgan fingerprint density at radius 3 is 1.68 bits per heavy atom. The third-order valence-electron chi connectivity index (χ3n) is 12.1. The third kappa shape index (κ3) is 5.48. The van der Waals surface area contributed by atoms with Crippen LogP contribution in [0, 0.1) is 0 Å². The Hall–Kier alpha value is -7.16. The Bertz CT molecular complexity index is 3130. The first-order chi connectivity index (χ1) is 28.0. The van der Waals surface area contributed by atoms with Crippen molar-refractivity contribution < 1.29 is 4.42 Å². The van der Waals surface area contributed by atoms with Crippen molar-refractivity contribution in [2.75, 3.05) is 4.90 Å². The fourth-order valence-electron chi connectivity index (χ4n) is 9.10. The van der Waals surface area contributed by atoms with Crippen molar-refractivity contribution in [1.82, 2.24) is 0 Å². The number of anilines is 3. The second kappa shape index (κ2) is 13.0. The van der Waals surface area contributed by atoms with E-state index in [-0.39, 0.29) is 5.41 Å². The molecule has 0 saturated heterocycles. The molecule has 9 aromatic carbocycles. The summed E-state index contributed by atoms with van der Waals surface area (Å²) in [7, 11) is 0. The SMILES string of the molecule is CC1(C)c2cc(-c3ccccc3)ccc2-c2ccc(N(c3ccc(-c4ccc5c(c4)oc4ccccc45)cc3)c3ccc(-c4cccc5ccccc45)cc3)cc21. The summed E-state index contributed by atoms with van der Waals surface area (Å²) in [5.74, 6) is 0. The highest BCUT2D eigenvalue weighted by Gasteiger charge is 2.36. The maximum absolute atomic E-state index is 6.25. The van der Waals surface area contributed by atoms with E-state index in [1.54, 1.807) is 0 Å². The van der Waals surface area contributed by atoms with Crippen LogP contribution in [0.2, 0.25) is 0 Å². The quantitative estimate of drug-likeness (QED) is 0.169. The second-order valence-electron chi connectivity index (χ2n) is 15.7. The predicted molar refractivity (Wildman–Crippen MR) is 240 cm³/mol. The molecule has 270 valence electrons. The molecule has 0 fully saturated rings. The third-order valence-corrected chi connectivity index (χ3v) is 12.1. The topological polar surface area (TPSA) is 16.4 Å². The van der Waals surface area contributed by atoms with Crippen LogP contribution in [0.4, 0.5) is 17.1 Å². The van der Waals surface area contributed by atoms with Crippen LogP contribution in [-0.4, -0.2) is 0 Å². The van der Waals surface area contributed by atoms with Gasteiger partial charge in [-0.3, -0.25) is 0 Å². The van der Waals surface area contributed by atoms with Gasteiger partial charge >= 0.3 is 0 Å². The largest absolute Gasteiger partial charge is 0.456 e. The van der Waals surface area contributed by atoms with E-state index >= 15 is 0 Å². The molecule has 0 radical (unpaired) electrons. The van der Waals surface area contributed by atoms with E-state index in [1.165, 1.54) is 55.3 Å². The van der Waals surface area contributed by atoms with Crippen LogP contribution in [0.5, 0.6) is 0 Å². The zero-order valence-corrected chi connectivity index (χ0v) is 31.9. The number of rotatable bonds is 6. The maximum Gasteiger partial charge on any atom is 0.136 e. The molecule has 0 aliphatic heterocycles. The Morgan fingerprint density at radius 1 is 0.351 bits per heavy atom. The first kappa shape index (κ1) is 33.2. The summed E-state index contributed by atoms with van der Waals surface area (Å²) in [6, 6.07) is 72.7. The highest BCUT2D eigenvalue weighted by Crippen LogP contribution is 2.52. The Kier molecular flexibility index (Phi) is 7.55. The van der Waals surface area contributed by atoms with Crippen molar-refractivity contribution in [2.24, 2.45) is 0 Å². The summed E-state index contributed by atoms with van der Waals surface area (Å²) in [6.45, 7) is 4.74. The lowest BCUT2D eigenvalue weighted by Gasteiger charge is -2.28. The zero-order valence-electron chi connectivity index (χ0n) is 31.9. The second-order valence-corrected chi connectivity index (χ2v) is 15.7. The van der Waals surface area contributed by atoms with Crippen LogP contribution >= 0.6 is 0 Å². The van der Waals surface area contributed by atoms with Crippen LogP contribution in [0.25, 0.3) is 77.2 Å². The molecular formula is C55H39NO. The first-order valence-corrected chi connectivity index (χ1v) is 19.7. The minimum absolute atomic E-state index is 0.172. The number of hydrogen-bond acceptors (Lipinski definition) is 2. The lowest BCUT2D eigenvalue weighted by molar-refractivity contribution is 0.660. The maximum atomic E-state index is 6.25. The molecule has 11 rings (SSSR count). The normalized spacial score (nSPS) is 12.9. The first-order valence-electron chi connectivity index (χ1n) is 19.7. The minimum atomic E-state index is -0.172. The monoisotopic (exact) mass is 729 g/mol. The molecule has 0 atom stereocenters. The molecule has 0 bridgehead atoms. The molecule has 2 heteroatoms. The van der Waals surface area contributed by atoms with Gasteiger partial charge in [-0.2, -0.15) is 0 Å². The van der Waals surface area contributed by atoms with Crippen LogP contribution in [0.3, 0.4) is 0 Å². The summed E-state index contributed by atoms with van der Waals surface area (Å²) in [5, 5.41) is 4.80. The Morgan fingerprint density at radius 2 is 0.895 bits per heavy atom. The fraction of sp³-hybridized carbons (Fsp3) is 0.0545. The number of hydrogen-bond donors (Lipinski definition) is 0. The van der Waals surface area contributed by atoms with Gasteiger partial charge in [0.15, 0.2) is 0 Å². The van der Waals surface area contributed by atoms with Gasteiger partial charge in [-0.05, 0) is 127 Å². The van der Waals surface area contributed by atoms with Gasteiger partial charge in [-0.1, -0.05) is 153 Å². The number of para-hydroxylation sites is 1. The van der Waals surface area contributed by atoms with E-state index in [1.807, 2.05) is 12.1 Å². The number of benzene rings is 9. The van der Waals surface area contributed by atoms with Crippen molar-refractivity contribution >= 4 is 49.8 Å². The van der Waals surface area contributed by atoms with Crippen LogP contribution < -0.4 is 4.90 Å². The van der Waals surface area contributed by atoms with Crippen molar-refractivity contribution in [2.45, 2.75) is 19.3 Å². The average molecular weight is 730 g/mol. The molecule has 2 nitrogen and oxygen atoms in total. The summed E-state index contributed by atoms with van der Waals surface area (Å²) in [4.78, 5) is 2.40. The number of furan rings is 1. The molecule has 1 aliphatic carbocycles. The molecule has 57 heavy (non-hydrogen) atoms. The van der Waals surface area contributed by atoms with Gasteiger partial charge in [-0.25, -0.2) is 0 Å². The van der Waals surface area contributed by atoms with Gasteiger partial charge < -0.3 is 9.32 Å². The smallest absolute Gasteiger partial charge is 0.136 e. The van der Waals surface area contributed by atoms with Gasteiger partial charge in [-0.15, -0.1) is 0 Å². The van der Waals surface area contributed by atoms with Crippen LogP contribution in [0.15, 0.2) is 205 Å². The summed E-state index contributed by atoms with van der Waals surface area (Å²) < 4.78 is 6.25. The van der Waals surface area contributed by atoms with E-state index in [2.05, 4.69) is 207 Å². The van der Waals surface area contributed by atoms with E-state index in [4.69, 9.17) is 4.42 Å². The average Bonchev–Trinajstić information content (AvgIpc) is 3.75. The Labute approximate surface area is 332 Å². The van der Waals surface area contributed by atoms with E-state index in [9.17, 15) is 0 Å². The van der Waals surface area contributed by atoms with E-state index in [0.717, 1.165) is 50.1 Å². The lowest BCUT2D eigenvalue weighted by Crippen LogP contribution is -2.16. The van der Waals surface area contributed by atoms with Gasteiger partial charge in [0, 0.05) is 33.2 Å². The fourth-order valence-corrected chi connectivity index (χ4v) is 9.10. The van der Waals surface area contributed by atoms with Gasteiger partial charge in [0.2, 0.25) is 0 Å². The van der Waals surface area contributed by atoms with Gasteiger partial charge in [0.05, 0.1) is 0 Å². The van der Waals surface area contributed by atoms with Crippen LogP contribution in [-0.2, 0) is 5.41 Å². The van der Waals surface area contributed by atoms with Crippen molar-refractivity contribution in [3.63, 3.8) is 0 Å². The molecular weight excluding hydrogens is 691 g/mol. The molecule has 1 aliphatic rings. The predicted octanol–water partition coefficient (Wildman–Crippen LogP) is 15.5. The highest BCUT2D eigenvalue weighted by atomic mass is 16.3. The summed E-state index contributed by atoms with van der Waals surface area (Å²) in [5.41, 5.74) is 17.5. The van der Waals surface area contributed by atoms with Gasteiger partial charge in [0.1, 0.15) is 11.2 Å². The minimum Gasteiger partial charge on any atom is -0.456 e. The van der Waals surface area contributed by atoms with Gasteiger partial charge in [0.25, 0.3) is 0 Å². The standard InChI is InChI=1S/C55H39NO/c1-55(2)51-33-40(36-11-4-3-5-12-36)23-30-47(51)48-32-29-44(35-52(48)55)56(43-27-21-39(22-28-43)46-17-10-14-38-13-6-7-15-45(38)46)42-25-19-37(20-26-42)41-24-31-50-49-16-8-9-18-53(49)57-54(50)34-41/h3-35H,1-2H3. The zero-order chi connectivity index (χ0) is 38.1. The number of nitrogens with zero attached hydrogens (tertiary/aromatic N) is 1. The van der Waals surface area contributed by atoms with Crippen LogP contribution in [0.1, 0.15) is 25.0 Å². The molecule has 1 heterocycles. The summed E-state index contributed by atoms with van der Waals surface area (Å²) >= 11 is 0. The molecule has 10 aromatic rings. The van der Waals surface area contributed by atoms with Crippen molar-refractivity contribution in [1.29, 1.82) is 0 Å². The van der Waals surface area contributed by atoms with E-state index in [0.29, 0.717) is 0 Å². The molecule has 0 unspecified atom stereocenters. The molecule has 0 amide bonds. The van der Waals surface area contributed by atoms with Crippen molar-refractivity contribution in [3.8, 4) is 44.5 Å². The number of fused-ring (bicyclic) bond motifs is 7. The van der Waals surface area contributed by atoms with Crippen molar-refractivity contribution in [3.05, 3.63) is 211 Å².